The smallest absolute Gasteiger partial charge is 0.246 e. The van der Waals surface area contributed by atoms with Gasteiger partial charge < -0.3 is 14.6 Å². The molecule has 148 valence electrons. The SMILES string of the molecule is O=C(/C=C/c1ccco1)N1CCC[C@@H](Cc2cc(Nc3ccccn3)ncn2)C1. The number of amides is 1. The van der Waals surface area contributed by atoms with Crippen molar-refractivity contribution >= 4 is 23.6 Å². The van der Waals surface area contributed by atoms with Crippen LogP contribution >= 0.6 is 0 Å². The van der Waals surface area contributed by atoms with Crippen LogP contribution in [0, 0.1) is 5.92 Å². The van der Waals surface area contributed by atoms with Crippen LogP contribution in [0.4, 0.5) is 11.6 Å². The van der Waals surface area contributed by atoms with Crippen LogP contribution in [0.15, 0.2) is 65.7 Å². The largest absolute Gasteiger partial charge is 0.465 e. The van der Waals surface area contributed by atoms with Gasteiger partial charge in [-0.05, 0) is 55.5 Å². The van der Waals surface area contributed by atoms with Crippen molar-refractivity contribution in [3.8, 4) is 0 Å². The first-order chi connectivity index (χ1) is 14.3. The molecule has 0 spiro atoms. The second-order valence-corrected chi connectivity index (χ2v) is 7.08. The van der Waals surface area contributed by atoms with E-state index in [4.69, 9.17) is 4.42 Å². The van der Waals surface area contributed by atoms with Crippen LogP contribution in [0.3, 0.4) is 0 Å². The zero-order chi connectivity index (χ0) is 19.9. The summed E-state index contributed by atoms with van der Waals surface area (Å²) in [4.78, 5) is 27.4. The van der Waals surface area contributed by atoms with Crippen LogP contribution in [0.2, 0.25) is 0 Å². The van der Waals surface area contributed by atoms with Gasteiger partial charge in [-0.25, -0.2) is 15.0 Å². The third-order valence-electron chi connectivity index (χ3n) is 4.91. The van der Waals surface area contributed by atoms with Crippen LogP contribution in [0.1, 0.15) is 24.3 Å². The predicted octanol–water partition coefficient (Wildman–Crippen LogP) is 3.70. The second-order valence-electron chi connectivity index (χ2n) is 7.08. The van der Waals surface area contributed by atoms with Crippen LogP contribution in [-0.4, -0.2) is 38.8 Å². The van der Waals surface area contributed by atoms with E-state index in [2.05, 4.69) is 20.3 Å². The number of carbonyl (C=O) groups is 1. The zero-order valence-electron chi connectivity index (χ0n) is 16.1. The lowest BCUT2D eigenvalue weighted by Crippen LogP contribution is -2.39. The maximum Gasteiger partial charge on any atom is 0.246 e. The standard InChI is InChI=1S/C22H23N5O2/c28-22(9-8-19-6-4-12-29-19)27-11-3-5-17(15-27)13-18-14-21(25-16-24-18)26-20-7-1-2-10-23-20/h1-2,4,6-10,12,14,16-17H,3,5,11,13,15H2,(H,23,24,25,26)/b9-8+/t17-/m0/s1. The molecular weight excluding hydrogens is 366 g/mol. The molecule has 1 amide bonds. The molecule has 7 heteroatoms. The van der Waals surface area contributed by atoms with Gasteiger partial charge in [-0.2, -0.15) is 0 Å². The normalized spacial score (nSPS) is 16.8. The van der Waals surface area contributed by atoms with E-state index < -0.39 is 0 Å². The third-order valence-corrected chi connectivity index (χ3v) is 4.91. The Balaban J connectivity index is 1.35. The minimum Gasteiger partial charge on any atom is -0.465 e. The Morgan fingerprint density at radius 2 is 2.17 bits per heavy atom. The summed E-state index contributed by atoms with van der Waals surface area (Å²) in [5.41, 5.74) is 0.962. The molecule has 1 atom stereocenters. The number of anilines is 2. The molecule has 1 aliphatic heterocycles. The van der Waals surface area contributed by atoms with Gasteiger partial charge in [0, 0.05) is 37.1 Å². The van der Waals surface area contributed by atoms with E-state index in [1.807, 2.05) is 35.2 Å². The molecule has 1 saturated heterocycles. The van der Waals surface area contributed by atoms with Gasteiger partial charge >= 0.3 is 0 Å². The minimum absolute atomic E-state index is 0.0197. The molecule has 4 heterocycles. The van der Waals surface area contributed by atoms with E-state index in [0.717, 1.165) is 49.7 Å². The summed E-state index contributed by atoms with van der Waals surface area (Å²) in [6.45, 7) is 1.52. The summed E-state index contributed by atoms with van der Waals surface area (Å²) in [6, 6.07) is 11.3. The molecule has 0 aromatic carbocycles. The molecule has 4 rings (SSSR count). The van der Waals surface area contributed by atoms with Gasteiger partial charge in [0.1, 0.15) is 23.7 Å². The van der Waals surface area contributed by atoms with Crippen molar-refractivity contribution in [2.24, 2.45) is 5.92 Å². The van der Waals surface area contributed by atoms with E-state index >= 15 is 0 Å². The Morgan fingerprint density at radius 1 is 1.21 bits per heavy atom. The topological polar surface area (TPSA) is 84.2 Å². The number of furan rings is 1. The number of likely N-dealkylation sites (tertiary alicyclic amines) is 1. The summed E-state index contributed by atoms with van der Waals surface area (Å²) in [7, 11) is 0. The number of pyridine rings is 1. The molecule has 1 aliphatic rings. The van der Waals surface area contributed by atoms with Crippen molar-refractivity contribution in [3.05, 3.63) is 72.7 Å². The van der Waals surface area contributed by atoms with Gasteiger partial charge in [-0.3, -0.25) is 4.79 Å². The summed E-state index contributed by atoms with van der Waals surface area (Å²) in [6.07, 6.45) is 11.1. The van der Waals surface area contributed by atoms with Crippen molar-refractivity contribution in [2.75, 3.05) is 18.4 Å². The van der Waals surface area contributed by atoms with Crippen molar-refractivity contribution in [1.82, 2.24) is 19.9 Å². The van der Waals surface area contributed by atoms with Gasteiger partial charge in [0.25, 0.3) is 0 Å². The van der Waals surface area contributed by atoms with Crippen molar-refractivity contribution < 1.29 is 9.21 Å². The summed E-state index contributed by atoms with van der Waals surface area (Å²) in [5.74, 6) is 2.54. The highest BCUT2D eigenvalue weighted by Gasteiger charge is 2.23. The van der Waals surface area contributed by atoms with Gasteiger partial charge in [0.2, 0.25) is 5.91 Å². The van der Waals surface area contributed by atoms with Crippen LogP contribution < -0.4 is 5.32 Å². The average molecular weight is 389 g/mol. The molecule has 7 nitrogen and oxygen atoms in total. The third kappa shape index (κ3) is 5.28. The van der Waals surface area contributed by atoms with E-state index in [9.17, 15) is 4.79 Å². The fourth-order valence-electron chi connectivity index (χ4n) is 3.52. The molecule has 0 bridgehead atoms. The molecule has 0 radical (unpaired) electrons. The number of nitrogens with zero attached hydrogens (tertiary/aromatic N) is 4. The molecule has 3 aromatic heterocycles. The maximum absolute atomic E-state index is 12.5. The molecule has 29 heavy (non-hydrogen) atoms. The Kier molecular flexibility index (Phi) is 5.95. The highest BCUT2D eigenvalue weighted by Crippen LogP contribution is 2.22. The quantitative estimate of drug-likeness (QED) is 0.647. The van der Waals surface area contributed by atoms with Gasteiger partial charge in [-0.15, -0.1) is 0 Å². The fraction of sp³-hybridized carbons (Fsp3) is 0.273. The Morgan fingerprint density at radius 3 is 3.00 bits per heavy atom. The summed E-state index contributed by atoms with van der Waals surface area (Å²) >= 11 is 0. The van der Waals surface area contributed by atoms with Crippen molar-refractivity contribution in [2.45, 2.75) is 19.3 Å². The van der Waals surface area contributed by atoms with E-state index in [0.29, 0.717) is 11.7 Å². The average Bonchev–Trinajstić information content (AvgIpc) is 3.27. The first-order valence-electron chi connectivity index (χ1n) is 9.76. The van der Waals surface area contributed by atoms with E-state index in [1.54, 1.807) is 37.0 Å². The lowest BCUT2D eigenvalue weighted by molar-refractivity contribution is -0.127. The number of aromatic nitrogens is 3. The van der Waals surface area contributed by atoms with Crippen molar-refractivity contribution in [1.29, 1.82) is 0 Å². The van der Waals surface area contributed by atoms with E-state index in [1.165, 1.54) is 0 Å². The molecule has 0 saturated carbocycles. The fourth-order valence-corrected chi connectivity index (χ4v) is 3.52. The molecular formula is C22H23N5O2. The summed E-state index contributed by atoms with van der Waals surface area (Å²) < 4.78 is 5.24. The minimum atomic E-state index is 0.0197. The van der Waals surface area contributed by atoms with Crippen LogP contribution in [0.25, 0.3) is 6.08 Å². The first kappa shape index (κ1) is 18.9. The predicted molar refractivity (Wildman–Crippen MR) is 110 cm³/mol. The van der Waals surface area contributed by atoms with Crippen LogP contribution in [0.5, 0.6) is 0 Å². The molecule has 1 N–H and O–H groups in total. The second kappa shape index (κ2) is 9.14. The molecule has 3 aromatic rings. The molecule has 0 unspecified atom stereocenters. The van der Waals surface area contributed by atoms with Crippen LogP contribution in [-0.2, 0) is 11.2 Å². The van der Waals surface area contributed by atoms with E-state index in [-0.39, 0.29) is 5.91 Å². The Hall–Kier alpha value is -3.48. The highest BCUT2D eigenvalue weighted by molar-refractivity contribution is 5.91. The Bertz CT molecular complexity index is 956. The highest BCUT2D eigenvalue weighted by atomic mass is 16.3. The molecule has 0 aliphatic carbocycles. The van der Waals surface area contributed by atoms with Gasteiger partial charge in [0.05, 0.1) is 6.26 Å². The number of rotatable bonds is 6. The molecule has 1 fully saturated rings. The number of nitrogens with one attached hydrogen (secondary N) is 1. The number of hydrogen-bond donors (Lipinski definition) is 1. The monoisotopic (exact) mass is 389 g/mol. The van der Waals surface area contributed by atoms with Gasteiger partial charge in [0.15, 0.2) is 0 Å². The van der Waals surface area contributed by atoms with Gasteiger partial charge in [-0.1, -0.05) is 6.07 Å². The lowest BCUT2D eigenvalue weighted by atomic mass is 9.93. The first-order valence-corrected chi connectivity index (χ1v) is 9.76. The maximum atomic E-state index is 12.5. The van der Waals surface area contributed by atoms with Crippen molar-refractivity contribution in [3.63, 3.8) is 0 Å². The number of carbonyl (C=O) groups excluding carboxylic acids is 1. The lowest BCUT2D eigenvalue weighted by Gasteiger charge is -2.32. The summed E-state index contributed by atoms with van der Waals surface area (Å²) in [5, 5.41) is 3.19. The Labute approximate surface area is 169 Å². The number of piperidine rings is 1. The number of hydrogen-bond acceptors (Lipinski definition) is 6. The zero-order valence-corrected chi connectivity index (χ0v) is 16.1.